The van der Waals surface area contributed by atoms with E-state index < -0.39 is 0 Å². The Morgan fingerprint density at radius 3 is 2.88 bits per heavy atom. The summed E-state index contributed by atoms with van der Waals surface area (Å²) in [6, 6.07) is 4.18. The van der Waals surface area contributed by atoms with E-state index >= 15 is 0 Å². The Bertz CT molecular complexity index is 336. The van der Waals surface area contributed by atoms with Gasteiger partial charge in [-0.05, 0) is 52.7 Å². The number of aliphatic hydroxyl groups excluding tert-OH is 1. The van der Waals surface area contributed by atoms with Crippen LogP contribution in [-0.4, -0.2) is 11.2 Å². The molecule has 0 radical (unpaired) electrons. The summed E-state index contributed by atoms with van der Waals surface area (Å²) in [5.74, 6) is 1.39. The number of rotatable bonds is 4. The molecule has 0 spiro atoms. The second-order valence-electron chi connectivity index (χ2n) is 4.82. The first-order valence-corrected chi connectivity index (χ1v) is 7.72. The van der Waals surface area contributed by atoms with Gasteiger partial charge in [0.25, 0.3) is 0 Å². The van der Waals surface area contributed by atoms with E-state index in [9.17, 15) is 5.11 Å². The maximum atomic E-state index is 10.2. The molecule has 1 aromatic rings. The van der Waals surface area contributed by atoms with Gasteiger partial charge < -0.3 is 5.11 Å². The molecule has 3 atom stereocenters. The van der Waals surface area contributed by atoms with E-state index in [0.29, 0.717) is 5.92 Å². The van der Waals surface area contributed by atoms with Crippen molar-refractivity contribution in [2.75, 3.05) is 0 Å². The molecule has 3 unspecified atom stereocenters. The molecule has 0 bridgehead atoms. The van der Waals surface area contributed by atoms with Crippen LogP contribution in [0.3, 0.4) is 0 Å². The fourth-order valence-electron chi connectivity index (χ4n) is 2.67. The van der Waals surface area contributed by atoms with Gasteiger partial charge in [-0.2, -0.15) is 0 Å². The smallest absolute Gasteiger partial charge is 0.0701 e. The van der Waals surface area contributed by atoms with Crippen molar-refractivity contribution in [2.45, 2.75) is 45.1 Å². The standard InChI is InChI=1S/C13H19BrOS/c1-2-9-3-4-10(7-9)12(15)8-11-5-6-13(14)16-11/h5-6,9-10,12,15H,2-4,7-8H2,1H3. The van der Waals surface area contributed by atoms with Gasteiger partial charge in [0, 0.05) is 11.3 Å². The van der Waals surface area contributed by atoms with E-state index in [-0.39, 0.29) is 6.10 Å². The summed E-state index contributed by atoms with van der Waals surface area (Å²) in [6.07, 6.45) is 5.72. The Morgan fingerprint density at radius 2 is 2.31 bits per heavy atom. The summed E-state index contributed by atoms with van der Waals surface area (Å²) < 4.78 is 1.16. The molecule has 1 heterocycles. The Hall–Kier alpha value is 0.140. The van der Waals surface area contributed by atoms with E-state index in [4.69, 9.17) is 0 Å². The van der Waals surface area contributed by atoms with E-state index in [1.54, 1.807) is 11.3 Å². The van der Waals surface area contributed by atoms with Crippen molar-refractivity contribution in [2.24, 2.45) is 11.8 Å². The fraction of sp³-hybridized carbons (Fsp3) is 0.692. The Kier molecular flexibility index (Phi) is 4.45. The predicted octanol–water partition coefficient (Wildman–Crippen LogP) is 4.24. The average molecular weight is 303 g/mol. The van der Waals surface area contributed by atoms with Gasteiger partial charge in [-0.15, -0.1) is 11.3 Å². The van der Waals surface area contributed by atoms with Crippen LogP contribution in [0.1, 0.15) is 37.5 Å². The summed E-state index contributed by atoms with van der Waals surface area (Å²) in [5, 5.41) is 10.2. The van der Waals surface area contributed by atoms with Gasteiger partial charge in [-0.3, -0.25) is 0 Å². The molecule has 1 saturated carbocycles. The third-order valence-electron chi connectivity index (χ3n) is 3.74. The number of halogens is 1. The molecule has 1 N–H and O–H groups in total. The Morgan fingerprint density at radius 1 is 1.50 bits per heavy atom. The van der Waals surface area contributed by atoms with Crippen LogP contribution in [0, 0.1) is 11.8 Å². The molecule has 0 saturated heterocycles. The summed E-state index contributed by atoms with van der Waals surface area (Å²) in [7, 11) is 0. The van der Waals surface area contributed by atoms with Crippen molar-refractivity contribution in [3.05, 3.63) is 20.8 Å². The molecular weight excluding hydrogens is 284 g/mol. The highest BCUT2D eigenvalue weighted by molar-refractivity contribution is 9.11. The van der Waals surface area contributed by atoms with Crippen LogP contribution >= 0.6 is 27.3 Å². The lowest BCUT2D eigenvalue weighted by atomic mass is 9.95. The highest BCUT2D eigenvalue weighted by Gasteiger charge is 2.29. The first-order chi connectivity index (χ1) is 7.69. The van der Waals surface area contributed by atoms with Gasteiger partial charge >= 0.3 is 0 Å². The van der Waals surface area contributed by atoms with Gasteiger partial charge in [-0.1, -0.05) is 19.8 Å². The van der Waals surface area contributed by atoms with Crippen molar-refractivity contribution >= 4 is 27.3 Å². The van der Waals surface area contributed by atoms with Gasteiger partial charge in [0.1, 0.15) is 0 Å². The number of aliphatic hydroxyl groups is 1. The zero-order valence-electron chi connectivity index (χ0n) is 9.66. The first kappa shape index (κ1) is 12.6. The van der Waals surface area contributed by atoms with Crippen LogP contribution in [-0.2, 0) is 6.42 Å². The van der Waals surface area contributed by atoms with Gasteiger partial charge in [0.05, 0.1) is 9.89 Å². The maximum Gasteiger partial charge on any atom is 0.0701 e. The van der Waals surface area contributed by atoms with Crippen LogP contribution in [0.25, 0.3) is 0 Å². The zero-order chi connectivity index (χ0) is 11.5. The highest BCUT2D eigenvalue weighted by Crippen LogP contribution is 2.36. The lowest BCUT2D eigenvalue weighted by molar-refractivity contribution is 0.109. The van der Waals surface area contributed by atoms with Gasteiger partial charge in [-0.25, -0.2) is 0 Å². The molecular formula is C13H19BrOS. The molecule has 0 amide bonds. The molecule has 0 aromatic carbocycles. The minimum Gasteiger partial charge on any atom is -0.392 e. The normalized spacial score (nSPS) is 27.2. The lowest BCUT2D eigenvalue weighted by Gasteiger charge is -2.17. The largest absolute Gasteiger partial charge is 0.392 e. The fourth-order valence-corrected chi connectivity index (χ4v) is 4.20. The molecule has 1 aliphatic carbocycles. The van der Waals surface area contributed by atoms with Crippen LogP contribution in [0.5, 0.6) is 0 Å². The van der Waals surface area contributed by atoms with Crippen molar-refractivity contribution in [1.29, 1.82) is 0 Å². The van der Waals surface area contributed by atoms with E-state index in [1.807, 2.05) is 0 Å². The van der Waals surface area contributed by atoms with Crippen molar-refractivity contribution in [3.8, 4) is 0 Å². The van der Waals surface area contributed by atoms with E-state index in [0.717, 1.165) is 16.1 Å². The first-order valence-electron chi connectivity index (χ1n) is 6.11. The molecule has 1 fully saturated rings. The summed E-state index contributed by atoms with van der Waals surface area (Å²) in [4.78, 5) is 1.29. The minimum absolute atomic E-state index is 0.137. The molecule has 1 nitrogen and oxygen atoms in total. The summed E-state index contributed by atoms with van der Waals surface area (Å²) in [5.41, 5.74) is 0. The van der Waals surface area contributed by atoms with Crippen LogP contribution in [0.4, 0.5) is 0 Å². The predicted molar refractivity (Wildman–Crippen MR) is 72.9 cm³/mol. The van der Waals surface area contributed by atoms with Crippen molar-refractivity contribution in [3.63, 3.8) is 0 Å². The topological polar surface area (TPSA) is 20.2 Å². The number of thiophene rings is 1. The van der Waals surface area contributed by atoms with Crippen LogP contribution < -0.4 is 0 Å². The van der Waals surface area contributed by atoms with E-state index in [1.165, 1.54) is 30.6 Å². The van der Waals surface area contributed by atoms with Gasteiger partial charge in [0.2, 0.25) is 0 Å². The second-order valence-corrected chi connectivity index (χ2v) is 7.37. The molecule has 0 aliphatic heterocycles. The molecule has 3 heteroatoms. The third kappa shape index (κ3) is 3.08. The maximum absolute atomic E-state index is 10.2. The van der Waals surface area contributed by atoms with Crippen LogP contribution in [0.15, 0.2) is 15.9 Å². The quantitative estimate of drug-likeness (QED) is 0.882. The second kappa shape index (κ2) is 5.65. The molecule has 16 heavy (non-hydrogen) atoms. The average Bonchev–Trinajstić information content (AvgIpc) is 2.87. The van der Waals surface area contributed by atoms with Crippen molar-refractivity contribution < 1.29 is 5.11 Å². The SMILES string of the molecule is CCC1CCC(C(O)Cc2ccc(Br)s2)C1. The van der Waals surface area contributed by atoms with Crippen LogP contribution in [0.2, 0.25) is 0 Å². The molecule has 1 aliphatic rings. The zero-order valence-corrected chi connectivity index (χ0v) is 12.1. The number of hydrogen-bond donors (Lipinski definition) is 1. The van der Waals surface area contributed by atoms with Gasteiger partial charge in [0.15, 0.2) is 0 Å². The summed E-state index contributed by atoms with van der Waals surface area (Å²) >= 11 is 5.20. The highest BCUT2D eigenvalue weighted by atomic mass is 79.9. The Labute approximate surface area is 110 Å². The Balaban J connectivity index is 1.86. The minimum atomic E-state index is -0.137. The van der Waals surface area contributed by atoms with Crippen molar-refractivity contribution in [1.82, 2.24) is 0 Å². The lowest BCUT2D eigenvalue weighted by Crippen LogP contribution is -2.20. The number of hydrogen-bond acceptors (Lipinski definition) is 2. The molecule has 1 aromatic heterocycles. The van der Waals surface area contributed by atoms with E-state index in [2.05, 4.69) is 35.0 Å². The molecule has 90 valence electrons. The third-order valence-corrected chi connectivity index (χ3v) is 5.39. The molecule has 2 rings (SSSR count). The monoisotopic (exact) mass is 302 g/mol. The summed E-state index contributed by atoms with van der Waals surface area (Å²) in [6.45, 7) is 2.26.